The number of aliphatic carboxylic acids is 1. The lowest BCUT2D eigenvalue weighted by atomic mass is 9.85. The van der Waals surface area contributed by atoms with Crippen LogP contribution in [0, 0.1) is 11.8 Å². The second-order valence-electron chi connectivity index (χ2n) is 10.8. The Balaban J connectivity index is 1.33. The Labute approximate surface area is 243 Å². The number of likely N-dealkylation sites (tertiary alicyclic amines) is 1. The molecule has 214 valence electrons. The number of carboxylic acids is 1. The van der Waals surface area contributed by atoms with E-state index in [1.807, 2.05) is 25.4 Å². The molecule has 1 saturated heterocycles. The molecule has 2 unspecified atom stereocenters. The molecule has 0 radical (unpaired) electrons. The summed E-state index contributed by atoms with van der Waals surface area (Å²) in [6.07, 6.45) is 10.5. The molecule has 6 rings (SSSR count). The predicted molar refractivity (Wildman–Crippen MR) is 162 cm³/mol. The minimum Gasteiger partial charge on any atom is -0.481 e. The van der Waals surface area contributed by atoms with Crippen LogP contribution in [-0.2, 0) is 16.6 Å². The fraction of sp³-hybridized carbons (Fsp3) is 0.281. The van der Waals surface area contributed by atoms with Gasteiger partial charge in [0.25, 0.3) is 0 Å². The molecule has 0 saturated carbocycles. The minimum atomic E-state index is -1.21. The Bertz CT molecular complexity index is 1750. The Kier molecular flexibility index (Phi) is 7.54. The summed E-state index contributed by atoms with van der Waals surface area (Å²) < 4.78 is 2.11. The smallest absolute Gasteiger partial charge is 0.317 e. The Hall–Kier alpha value is -4.83. The van der Waals surface area contributed by atoms with Gasteiger partial charge in [-0.1, -0.05) is 18.2 Å². The van der Waals surface area contributed by atoms with Crippen molar-refractivity contribution in [2.75, 3.05) is 25.0 Å². The van der Waals surface area contributed by atoms with Gasteiger partial charge in [-0.2, -0.15) is 0 Å². The lowest BCUT2D eigenvalue weighted by Crippen LogP contribution is -2.47. The highest BCUT2D eigenvalue weighted by Gasteiger charge is 2.34. The Morgan fingerprint density at radius 3 is 2.62 bits per heavy atom. The van der Waals surface area contributed by atoms with Crippen molar-refractivity contribution in [2.45, 2.75) is 18.9 Å². The SMILES string of the molecule is Cn1ccc2ccc(-c3cc(NC(c4cccnc4)C4CCN(C(=O)C(CN)C(=O)O)CC4)cc4nccnc34)cc21. The van der Waals surface area contributed by atoms with Crippen molar-refractivity contribution in [2.24, 2.45) is 24.6 Å². The van der Waals surface area contributed by atoms with Crippen molar-refractivity contribution < 1.29 is 14.7 Å². The number of piperidine rings is 1. The zero-order valence-corrected chi connectivity index (χ0v) is 23.4. The molecule has 2 aromatic carbocycles. The highest BCUT2D eigenvalue weighted by molar-refractivity contribution is 5.98. The molecule has 2 atom stereocenters. The standard InChI is InChI=1S/C32H33N7O3/c1-38-12-6-20-4-5-22(15-28(20)38)25-16-24(17-27-30(25)36-11-10-35-27)37-29(23-3-2-9-34-19-23)21-7-13-39(14-8-21)31(40)26(18-33)32(41)42/h2-6,9-12,15-17,19,21,26,29,37H,7-8,13-14,18,33H2,1H3,(H,41,42). The number of hydrogen-bond donors (Lipinski definition) is 3. The highest BCUT2D eigenvalue weighted by atomic mass is 16.4. The molecular weight excluding hydrogens is 530 g/mol. The Morgan fingerprint density at radius 1 is 1.07 bits per heavy atom. The number of nitrogens with two attached hydrogens (primary N) is 1. The van der Waals surface area contributed by atoms with Crippen LogP contribution in [0.1, 0.15) is 24.4 Å². The molecule has 0 spiro atoms. The number of carbonyl (C=O) groups is 2. The number of carboxylic acid groups (broad SMARTS) is 1. The number of aryl methyl sites for hydroxylation is 1. The second-order valence-corrected chi connectivity index (χ2v) is 10.8. The van der Waals surface area contributed by atoms with Crippen LogP contribution in [0.3, 0.4) is 0 Å². The summed E-state index contributed by atoms with van der Waals surface area (Å²) in [6.45, 7) is 0.728. The quantitative estimate of drug-likeness (QED) is 0.238. The van der Waals surface area contributed by atoms with E-state index >= 15 is 0 Å². The summed E-state index contributed by atoms with van der Waals surface area (Å²) in [7, 11) is 2.04. The number of benzene rings is 2. The summed E-state index contributed by atoms with van der Waals surface area (Å²) in [5, 5.41) is 14.4. The van der Waals surface area contributed by atoms with Crippen LogP contribution in [-0.4, -0.2) is 61.0 Å². The average molecular weight is 564 g/mol. The van der Waals surface area contributed by atoms with Crippen molar-refractivity contribution in [3.05, 3.63) is 85.1 Å². The van der Waals surface area contributed by atoms with Gasteiger partial charge in [0.15, 0.2) is 0 Å². The molecule has 4 heterocycles. The number of amides is 1. The van der Waals surface area contributed by atoms with Gasteiger partial charge in [0.05, 0.1) is 17.1 Å². The van der Waals surface area contributed by atoms with Crippen LogP contribution in [0.2, 0.25) is 0 Å². The summed E-state index contributed by atoms with van der Waals surface area (Å²) in [5.41, 5.74) is 12.3. The average Bonchev–Trinajstić information content (AvgIpc) is 3.39. The molecule has 42 heavy (non-hydrogen) atoms. The number of aromatic nitrogens is 4. The van der Waals surface area contributed by atoms with Crippen LogP contribution >= 0.6 is 0 Å². The summed E-state index contributed by atoms with van der Waals surface area (Å²) >= 11 is 0. The number of nitrogens with one attached hydrogen (secondary N) is 1. The lowest BCUT2D eigenvalue weighted by Gasteiger charge is -2.37. The molecule has 10 nitrogen and oxygen atoms in total. The van der Waals surface area contributed by atoms with Crippen LogP contribution in [0.15, 0.2) is 79.5 Å². The zero-order chi connectivity index (χ0) is 29.2. The summed E-state index contributed by atoms with van der Waals surface area (Å²) in [5.74, 6) is -2.62. The van der Waals surface area contributed by atoms with Gasteiger partial charge in [-0.05, 0) is 65.6 Å². The lowest BCUT2D eigenvalue weighted by molar-refractivity contribution is -0.151. The van der Waals surface area contributed by atoms with Crippen molar-refractivity contribution in [3.63, 3.8) is 0 Å². The van der Waals surface area contributed by atoms with Gasteiger partial charge in [-0.25, -0.2) is 0 Å². The normalized spacial score (nSPS) is 15.5. The van der Waals surface area contributed by atoms with Crippen molar-refractivity contribution in [3.8, 4) is 11.1 Å². The van der Waals surface area contributed by atoms with E-state index in [9.17, 15) is 14.7 Å². The first-order valence-electron chi connectivity index (χ1n) is 14.1. The van der Waals surface area contributed by atoms with E-state index in [1.54, 1.807) is 23.5 Å². The Morgan fingerprint density at radius 2 is 1.88 bits per heavy atom. The summed E-state index contributed by atoms with van der Waals surface area (Å²) in [6, 6.07) is 16.6. The van der Waals surface area contributed by atoms with Crippen molar-refractivity contribution in [1.82, 2.24) is 24.4 Å². The van der Waals surface area contributed by atoms with E-state index in [0.717, 1.165) is 38.9 Å². The number of hydrogen-bond acceptors (Lipinski definition) is 7. The molecule has 1 aliphatic rings. The van der Waals surface area contributed by atoms with Gasteiger partial charge in [-0.15, -0.1) is 0 Å². The summed E-state index contributed by atoms with van der Waals surface area (Å²) in [4.78, 5) is 39.7. The van der Waals surface area contributed by atoms with Crippen LogP contribution in [0.4, 0.5) is 5.69 Å². The van der Waals surface area contributed by atoms with E-state index in [2.05, 4.69) is 67.4 Å². The van der Waals surface area contributed by atoms with Gasteiger partial charge in [-0.3, -0.25) is 24.5 Å². The number of nitrogens with zero attached hydrogens (tertiary/aromatic N) is 5. The molecule has 0 aliphatic carbocycles. The topological polar surface area (TPSA) is 139 Å². The molecule has 1 aliphatic heterocycles. The van der Waals surface area contributed by atoms with Gasteiger partial charge in [0.1, 0.15) is 5.92 Å². The van der Waals surface area contributed by atoms with Gasteiger partial charge in [0.2, 0.25) is 5.91 Å². The third-order valence-electron chi connectivity index (χ3n) is 8.29. The first-order chi connectivity index (χ1) is 20.4. The maximum absolute atomic E-state index is 12.8. The largest absolute Gasteiger partial charge is 0.481 e. The fourth-order valence-electron chi connectivity index (χ4n) is 6.00. The maximum atomic E-state index is 12.8. The molecule has 5 aromatic rings. The fourth-order valence-corrected chi connectivity index (χ4v) is 6.00. The maximum Gasteiger partial charge on any atom is 0.317 e. The molecule has 0 bridgehead atoms. The van der Waals surface area contributed by atoms with Crippen LogP contribution < -0.4 is 11.1 Å². The number of fused-ring (bicyclic) bond motifs is 2. The van der Waals surface area contributed by atoms with E-state index < -0.39 is 17.8 Å². The van der Waals surface area contributed by atoms with E-state index in [4.69, 9.17) is 5.73 Å². The van der Waals surface area contributed by atoms with E-state index in [0.29, 0.717) is 25.9 Å². The van der Waals surface area contributed by atoms with Crippen LogP contribution in [0.25, 0.3) is 33.1 Å². The number of anilines is 1. The van der Waals surface area contributed by atoms with E-state index in [-0.39, 0.29) is 18.5 Å². The predicted octanol–water partition coefficient (Wildman–Crippen LogP) is 4.23. The first kappa shape index (κ1) is 27.3. The minimum absolute atomic E-state index is 0.0851. The van der Waals surface area contributed by atoms with Gasteiger partial charge in [0, 0.05) is 74.4 Å². The molecule has 10 heteroatoms. The molecule has 1 amide bonds. The van der Waals surface area contributed by atoms with Crippen molar-refractivity contribution >= 4 is 39.5 Å². The highest BCUT2D eigenvalue weighted by Crippen LogP contribution is 2.37. The first-order valence-corrected chi connectivity index (χ1v) is 14.1. The molecule has 1 fully saturated rings. The molecular formula is C32H33N7O3. The number of carbonyl (C=O) groups excluding carboxylic acids is 1. The second kappa shape index (κ2) is 11.6. The molecule has 3 aromatic heterocycles. The number of rotatable bonds is 8. The van der Waals surface area contributed by atoms with E-state index in [1.165, 1.54) is 5.39 Å². The third-order valence-corrected chi connectivity index (χ3v) is 8.29. The third kappa shape index (κ3) is 5.28. The van der Waals surface area contributed by atoms with Crippen molar-refractivity contribution in [1.29, 1.82) is 0 Å². The number of pyridine rings is 1. The monoisotopic (exact) mass is 563 g/mol. The zero-order valence-electron chi connectivity index (χ0n) is 23.4. The van der Waals surface area contributed by atoms with Gasteiger partial charge >= 0.3 is 5.97 Å². The van der Waals surface area contributed by atoms with Crippen LogP contribution in [0.5, 0.6) is 0 Å². The molecule has 4 N–H and O–H groups in total. The van der Waals surface area contributed by atoms with Gasteiger partial charge < -0.3 is 25.6 Å².